The standard InChI is InChI=1S/C12H7Cl3O2/c13-6-1-2-11(16)8(3-6)9-4-7(14)5-10(15)12(9)17/h1-5,16-17H. The zero-order chi connectivity index (χ0) is 12.6. The van der Waals surface area contributed by atoms with Crippen LogP contribution in [0.3, 0.4) is 0 Å². The molecule has 2 nitrogen and oxygen atoms in total. The second kappa shape index (κ2) is 4.65. The van der Waals surface area contributed by atoms with Gasteiger partial charge in [-0.25, -0.2) is 0 Å². The van der Waals surface area contributed by atoms with Gasteiger partial charge in [-0.3, -0.25) is 0 Å². The van der Waals surface area contributed by atoms with Crippen LogP contribution in [0.15, 0.2) is 30.3 Å². The fraction of sp³-hybridized carbons (Fsp3) is 0. The molecule has 2 N–H and O–H groups in total. The summed E-state index contributed by atoms with van der Waals surface area (Å²) in [5.41, 5.74) is 0.710. The minimum Gasteiger partial charge on any atom is -0.507 e. The summed E-state index contributed by atoms with van der Waals surface area (Å²) in [7, 11) is 0. The van der Waals surface area contributed by atoms with Crippen LogP contribution in [0.4, 0.5) is 0 Å². The average molecular weight is 290 g/mol. The third-order valence-corrected chi connectivity index (χ3v) is 3.02. The fourth-order valence-electron chi connectivity index (χ4n) is 1.50. The molecule has 0 amide bonds. The fourth-order valence-corrected chi connectivity index (χ4v) is 2.16. The minimum atomic E-state index is -0.145. The van der Waals surface area contributed by atoms with Crippen LogP contribution in [0.2, 0.25) is 15.1 Å². The van der Waals surface area contributed by atoms with Gasteiger partial charge in [0.15, 0.2) is 0 Å². The van der Waals surface area contributed by atoms with Crippen molar-refractivity contribution < 1.29 is 10.2 Å². The van der Waals surface area contributed by atoms with E-state index in [-0.39, 0.29) is 16.5 Å². The first-order chi connectivity index (χ1) is 7.99. The molecule has 2 rings (SSSR count). The van der Waals surface area contributed by atoms with Gasteiger partial charge in [-0.1, -0.05) is 34.8 Å². The Hall–Kier alpha value is -1.09. The Morgan fingerprint density at radius 1 is 0.765 bits per heavy atom. The molecule has 0 unspecified atom stereocenters. The smallest absolute Gasteiger partial charge is 0.142 e. The molecule has 17 heavy (non-hydrogen) atoms. The van der Waals surface area contributed by atoms with E-state index in [1.165, 1.54) is 24.3 Å². The monoisotopic (exact) mass is 288 g/mol. The van der Waals surface area contributed by atoms with Crippen LogP contribution in [-0.2, 0) is 0 Å². The summed E-state index contributed by atoms with van der Waals surface area (Å²) < 4.78 is 0. The van der Waals surface area contributed by atoms with Gasteiger partial charge in [0.2, 0.25) is 0 Å². The van der Waals surface area contributed by atoms with Gasteiger partial charge in [0.25, 0.3) is 0 Å². The van der Waals surface area contributed by atoms with E-state index in [0.29, 0.717) is 21.2 Å². The molecular weight excluding hydrogens is 282 g/mol. The summed E-state index contributed by atoms with van der Waals surface area (Å²) in [6, 6.07) is 7.44. The highest BCUT2D eigenvalue weighted by atomic mass is 35.5. The lowest BCUT2D eigenvalue weighted by atomic mass is 10.0. The lowest BCUT2D eigenvalue weighted by Gasteiger charge is -2.09. The van der Waals surface area contributed by atoms with Gasteiger partial charge >= 0.3 is 0 Å². The number of halogens is 3. The van der Waals surface area contributed by atoms with Gasteiger partial charge in [0.05, 0.1) is 5.02 Å². The second-order valence-electron chi connectivity index (χ2n) is 3.45. The summed E-state index contributed by atoms with van der Waals surface area (Å²) in [6.07, 6.45) is 0. The molecule has 0 fully saturated rings. The van der Waals surface area contributed by atoms with E-state index in [0.717, 1.165) is 0 Å². The Bertz CT molecular complexity index is 582. The van der Waals surface area contributed by atoms with Crippen molar-refractivity contribution >= 4 is 34.8 Å². The summed E-state index contributed by atoms with van der Waals surface area (Å²) >= 11 is 17.5. The summed E-state index contributed by atoms with van der Waals surface area (Å²) in [5.74, 6) is -0.156. The van der Waals surface area contributed by atoms with E-state index in [1.54, 1.807) is 6.07 Å². The molecule has 0 radical (unpaired) electrons. The predicted octanol–water partition coefficient (Wildman–Crippen LogP) is 4.73. The van der Waals surface area contributed by atoms with E-state index in [9.17, 15) is 10.2 Å². The molecule has 0 atom stereocenters. The third-order valence-electron chi connectivity index (χ3n) is 2.28. The first-order valence-corrected chi connectivity index (χ1v) is 5.79. The molecule has 88 valence electrons. The van der Waals surface area contributed by atoms with Crippen molar-refractivity contribution in [3.05, 3.63) is 45.4 Å². The Morgan fingerprint density at radius 2 is 1.41 bits per heavy atom. The minimum absolute atomic E-state index is 0.0111. The lowest BCUT2D eigenvalue weighted by Crippen LogP contribution is -1.82. The highest BCUT2D eigenvalue weighted by molar-refractivity contribution is 6.36. The number of benzene rings is 2. The van der Waals surface area contributed by atoms with Crippen molar-refractivity contribution in [3.8, 4) is 22.6 Å². The lowest BCUT2D eigenvalue weighted by molar-refractivity contribution is 0.469. The molecule has 0 aliphatic carbocycles. The second-order valence-corrected chi connectivity index (χ2v) is 4.73. The van der Waals surface area contributed by atoms with E-state index in [2.05, 4.69) is 0 Å². The molecule has 0 heterocycles. The Balaban J connectivity index is 2.72. The number of hydrogen-bond donors (Lipinski definition) is 2. The average Bonchev–Trinajstić information content (AvgIpc) is 2.27. The molecule has 0 bridgehead atoms. The van der Waals surface area contributed by atoms with Gasteiger partial charge in [0, 0.05) is 21.2 Å². The number of hydrogen-bond acceptors (Lipinski definition) is 2. The van der Waals surface area contributed by atoms with Crippen molar-refractivity contribution in [2.45, 2.75) is 0 Å². The van der Waals surface area contributed by atoms with Crippen molar-refractivity contribution in [1.82, 2.24) is 0 Å². The first kappa shape index (κ1) is 12.4. The Kier molecular flexibility index (Phi) is 3.38. The zero-order valence-corrected chi connectivity index (χ0v) is 10.7. The molecule has 0 aliphatic rings. The highest BCUT2D eigenvalue weighted by Gasteiger charge is 2.13. The van der Waals surface area contributed by atoms with E-state index < -0.39 is 0 Å². The van der Waals surface area contributed by atoms with Gasteiger partial charge in [-0.2, -0.15) is 0 Å². The molecule has 0 saturated heterocycles. The largest absolute Gasteiger partial charge is 0.507 e. The van der Waals surface area contributed by atoms with Crippen molar-refractivity contribution in [2.75, 3.05) is 0 Å². The van der Waals surface area contributed by atoms with Gasteiger partial charge < -0.3 is 10.2 Å². The van der Waals surface area contributed by atoms with Crippen molar-refractivity contribution in [2.24, 2.45) is 0 Å². The molecule has 5 heteroatoms. The molecule has 2 aromatic rings. The number of phenolic OH excluding ortho intramolecular Hbond substituents is 2. The molecule has 0 saturated carbocycles. The third kappa shape index (κ3) is 2.44. The van der Waals surface area contributed by atoms with Crippen LogP contribution in [0.25, 0.3) is 11.1 Å². The van der Waals surface area contributed by atoms with Crippen LogP contribution >= 0.6 is 34.8 Å². The van der Waals surface area contributed by atoms with Gasteiger partial charge in [-0.15, -0.1) is 0 Å². The number of phenols is 2. The Morgan fingerprint density at radius 3 is 2.12 bits per heavy atom. The van der Waals surface area contributed by atoms with E-state index in [4.69, 9.17) is 34.8 Å². The van der Waals surface area contributed by atoms with Crippen LogP contribution in [0, 0.1) is 0 Å². The Labute approximate surface area is 113 Å². The number of aromatic hydroxyl groups is 2. The maximum Gasteiger partial charge on any atom is 0.142 e. The van der Waals surface area contributed by atoms with Crippen LogP contribution in [0.5, 0.6) is 11.5 Å². The van der Waals surface area contributed by atoms with E-state index in [1.807, 2.05) is 0 Å². The van der Waals surface area contributed by atoms with Crippen LogP contribution in [0.1, 0.15) is 0 Å². The highest BCUT2D eigenvalue weighted by Crippen LogP contribution is 2.42. The normalized spacial score (nSPS) is 10.5. The summed E-state index contributed by atoms with van der Waals surface area (Å²) in [6.45, 7) is 0. The first-order valence-electron chi connectivity index (χ1n) is 4.66. The van der Waals surface area contributed by atoms with Gasteiger partial charge in [0.1, 0.15) is 11.5 Å². The van der Waals surface area contributed by atoms with Crippen LogP contribution < -0.4 is 0 Å². The molecule has 0 aromatic heterocycles. The van der Waals surface area contributed by atoms with E-state index >= 15 is 0 Å². The quantitative estimate of drug-likeness (QED) is 0.797. The summed E-state index contributed by atoms with van der Waals surface area (Å²) in [5, 5.41) is 20.5. The zero-order valence-electron chi connectivity index (χ0n) is 8.42. The van der Waals surface area contributed by atoms with Crippen molar-refractivity contribution in [1.29, 1.82) is 0 Å². The van der Waals surface area contributed by atoms with Crippen LogP contribution in [-0.4, -0.2) is 10.2 Å². The summed E-state index contributed by atoms with van der Waals surface area (Å²) in [4.78, 5) is 0. The molecular formula is C12H7Cl3O2. The molecule has 0 aliphatic heterocycles. The molecule has 0 spiro atoms. The predicted molar refractivity (Wildman–Crippen MR) is 70.2 cm³/mol. The van der Waals surface area contributed by atoms with Crippen molar-refractivity contribution in [3.63, 3.8) is 0 Å². The maximum atomic E-state index is 9.85. The topological polar surface area (TPSA) is 40.5 Å². The SMILES string of the molecule is Oc1ccc(Cl)cc1-c1cc(Cl)cc(Cl)c1O. The maximum absolute atomic E-state index is 9.85. The number of rotatable bonds is 1. The molecule has 2 aromatic carbocycles. The van der Waals surface area contributed by atoms with Gasteiger partial charge in [-0.05, 0) is 30.3 Å².